The molecule has 6 heteroatoms. The molecule has 0 fully saturated rings. The Morgan fingerprint density at radius 2 is 0.781 bits per heavy atom. The molecule has 0 bridgehead atoms. The van der Waals surface area contributed by atoms with Crippen LogP contribution in [0.3, 0.4) is 0 Å². The second kappa shape index (κ2) is 7.07. The molecule has 32 heavy (non-hydrogen) atoms. The molecule has 2 N–H and O–H groups in total. The molecular formula is C26H16Cl4N2. The van der Waals surface area contributed by atoms with Crippen LogP contribution in [0, 0.1) is 0 Å². The number of fused-ring (bicyclic) bond motifs is 5. The van der Waals surface area contributed by atoms with Crippen LogP contribution in [-0.2, 0) is 11.1 Å². The molecule has 0 amide bonds. The van der Waals surface area contributed by atoms with Gasteiger partial charge >= 0.3 is 0 Å². The highest BCUT2D eigenvalue weighted by atomic mass is 35.5. The molecule has 2 aliphatic heterocycles. The number of hydrogen-bond donors (Lipinski definition) is 2. The Balaban J connectivity index is 1.77. The Labute approximate surface area is 206 Å². The molecule has 0 unspecified atom stereocenters. The average molecular weight is 498 g/mol. The van der Waals surface area contributed by atoms with E-state index in [4.69, 9.17) is 46.4 Å². The molecule has 0 saturated carbocycles. The predicted molar refractivity (Wildman–Crippen MR) is 135 cm³/mol. The van der Waals surface area contributed by atoms with Crippen LogP contribution in [0.25, 0.3) is 0 Å². The summed E-state index contributed by atoms with van der Waals surface area (Å²) in [6.07, 6.45) is 0. The quantitative estimate of drug-likeness (QED) is 0.290. The Morgan fingerprint density at radius 3 is 1.16 bits per heavy atom. The van der Waals surface area contributed by atoms with Gasteiger partial charge in [0.25, 0.3) is 0 Å². The van der Waals surface area contributed by atoms with Crippen LogP contribution in [0.2, 0.25) is 20.1 Å². The lowest BCUT2D eigenvalue weighted by atomic mass is 9.66. The fraction of sp³-hybridized carbons (Fsp3) is 0.0769. The van der Waals surface area contributed by atoms with Gasteiger partial charge in [0.05, 0.1) is 0 Å². The van der Waals surface area contributed by atoms with Crippen molar-refractivity contribution in [3.05, 3.63) is 127 Å². The summed E-state index contributed by atoms with van der Waals surface area (Å²) in [5, 5.41) is 10.4. The molecule has 4 aromatic carbocycles. The van der Waals surface area contributed by atoms with Gasteiger partial charge in [0.1, 0.15) is 11.1 Å². The first-order chi connectivity index (χ1) is 15.4. The lowest BCUT2D eigenvalue weighted by Gasteiger charge is -2.42. The van der Waals surface area contributed by atoms with E-state index in [2.05, 4.69) is 34.9 Å². The summed E-state index contributed by atoms with van der Waals surface area (Å²) in [4.78, 5) is 0. The Morgan fingerprint density at radius 1 is 0.438 bits per heavy atom. The van der Waals surface area contributed by atoms with E-state index in [1.165, 1.54) is 0 Å². The maximum absolute atomic E-state index is 6.52. The van der Waals surface area contributed by atoms with Gasteiger partial charge in [-0.25, -0.2) is 0 Å². The molecule has 2 atom stereocenters. The fourth-order valence-electron chi connectivity index (χ4n) is 5.29. The number of anilines is 2. The van der Waals surface area contributed by atoms with Crippen LogP contribution in [0.15, 0.2) is 84.9 Å². The summed E-state index contributed by atoms with van der Waals surface area (Å²) in [7, 11) is 0. The minimum absolute atomic E-state index is 0.668. The van der Waals surface area contributed by atoms with Crippen LogP contribution in [-0.4, -0.2) is 0 Å². The van der Waals surface area contributed by atoms with Gasteiger partial charge in [-0.3, -0.25) is 0 Å². The molecule has 2 heterocycles. The smallest absolute Gasteiger partial charge is 0.122 e. The molecule has 158 valence electrons. The number of benzene rings is 4. The van der Waals surface area contributed by atoms with Gasteiger partial charge in [0.2, 0.25) is 0 Å². The first-order valence-electron chi connectivity index (χ1n) is 10.1. The van der Waals surface area contributed by atoms with Crippen LogP contribution >= 0.6 is 46.4 Å². The van der Waals surface area contributed by atoms with E-state index < -0.39 is 11.1 Å². The van der Waals surface area contributed by atoms with E-state index >= 15 is 0 Å². The van der Waals surface area contributed by atoms with Crippen molar-refractivity contribution in [2.45, 2.75) is 11.1 Å². The minimum Gasteiger partial charge on any atom is -0.369 e. The molecule has 6 rings (SSSR count). The van der Waals surface area contributed by atoms with E-state index in [1.807, 2.05) is 60.7 Å². The Hall–Kier alpha value is -2.36. The zero-order valence-electron chi connectivity index (χ0n) is 16.6. The lowest BCUT2D eigenvalue weighted by Crippen LogP contribution is -2.51. The predicted octanol–water partition coefficient (Wildman–Crippen LogP) is 8.34. The van der Waals surface area contributed by atoms with E-state index in [-0.39, 0.29) is 0 Å². The fourth-order valence-corrected chi connectivity index (χ4v) is 5.89. The third kappa shape index (κ3) is 2.61. The second-order valence-corrected chi connectivity index (χ2v) is 9.89. The summed E-state index contributed by atoms with van der Waals surface area (Å²) in [5.41, 5.74) is 4.81. The standard InChI is InChI=1S/C26H16Cl4N2/c27-17-5-1-15(2-6-17)25-21-13-19(29)9-11-23(21)32-26(25,16-3-7-18(28)8-4-16)22-14-20(30)10-12-24(22)31-25/h1-14,31-32H/t25-,26-/m0/s1. The largest absolute Gasteiger partial charge is 0.369 e. The van der Waals surface area contributed by atoms with E-state index in [0.717, 1.165) is 33.6 Å². The van der Waals surface area contributed by atoms with Gasteiger partial charge in [0.15, 0.2) is 0 Å². The lowest BCUT2D eigenvalue weighted by molar-refractivity contribution is 0.439. The molecule has 0 radical (unpaired) electrons. The minimum atomic E-state index is -0.696. The van der Waals surface area contributed by atoms with Gasteiger partial charge < -0.3 is 10.6 Å². The summed E-state index contributed by atoms with van der Waals surface area (Å²) in [6, 6.07) is 27.8. The topological polar surface area (TPSA) is 24.1 Å². The van der Waals surface area contributed by atoms with Crippen molar-refractivity contribution < 1.29 is 0 Å². The summed E-state index contributed by atoms with van der Waals surface area (Å²) < 4.78 is 0. The molecule has 2 aliphatic rings. The van der Waals surface area contributed by atoms with Gasteiger partial charge in [-0.05, 0) is 71.8 Å². The zero-order valence-corrected chi connectivity index (χ0v) is 19.6. The molecule has 4 aromatic rings. The van der Waals surface area contributed by atoms with Crippen LogP contribution < -0.4 is 10.6 Å². The third-order valence-electron chi connectivity index (χ3n) is 6.53. The van der Waals surface area contributed by atoms with Crippen LogP contribution in [0.4, 0.5) is 11.4 Å². The van der Waals surface area contributed by atoms with Gasteiger partial charge in [0, 0.05) is 42.6 Å². The second-order valence-electron chi connectivity index (χ2n) is 8.14. The molecule has 0 saturated heterocycles. The van der Waals surface area contributed by atoms with Crippen molar-refractivity contribution in [2.75, 3.05) is 10.6 Å². The van der Waals surface area contributed by atoms with Crippen LogP contribution in [0.1, 0.15) is 22.3 Å². The highest BCUT2D eigenvalue weighted by Gasteiger charge is 2.65. The first-order valence-corrected chi connectivity index (χ1v) is 11.6. The average Bonchev–Trinajstić information content (AvgIpc) is 3.22. The van der Waals surface area contributed by atoms with Crippen molar-refractivity contribution in [3.8, 4) is 0 Å². The highest BCUT2D eigenvalue weighted by Crippen LogP contribution is 2.64. The first kappa shape index (κ1) is 20.3. The van der Waals surface area contributed by atoms with Crippen molar-refractivity contribution in [3.63, 3.8) is 0 Å². The maximum Gasteiger partial charge on any atom is 0.122 e. The van der Waals surface area contributed by atoms with Crippen molar-refractivity contribution in [2.24, 2.45) is 0 Å². The normalized spacial score (nSPS) is 22.5. The zero-order chi connectivity index (χ0) is 22.1. The molecule has 0 spiro atoms. The number of rotatable bonds is 2. The van der Waals surface area contributed by atoms with Crippen molar-refractivity contribution in [1.82, 2.24) is 0 Å². The van der Waals surface area contributed by atoms with Crippen molar-refractivity contribution >= 4 is 57.8 Å². The molecule has 0 aromatic heterocycles. The van der Waals surface area contributed by atoms with Gasteiger partial charge in [-0.1, -0.05) is 70.7 Å². The number of nitrogens with one attached hydrogen (secondary N) is 2. The van der Waals surface area contributed by atoms with Gasteiger partial charge in [-0.2, -0.15) is 0 Å². The maximum atomic E-state index is 6.52. The van der Waals surface area contributed by atoms with Gasteiger partial charge in [-0.15, -0.1) is 0 Å². The third-order valence-corrected chi connectivity index (χ3v) is 7.51. The van der Waals surface area contributed by atoms with E-state index in [1.54, 1.807) is 0 Å². The molecule has 0 aliphatic carbocycles. The van der Waals surface area contributed by atoms with Crippen LogP contribution in [0.5, 0.6) is 0 Å². The van der Waals surface area contributed by atoms with E-state index in [9.17, 15) is 0 Å². The summed E-state index contributed by atoms with van der Waals surface area (Å²) in [6.45, 7) is 0. The van der Waals surface area contributed by atoms with Crippen molar-refractivity contribution in [1.29, 1.82) is 0 Å². The SMILES string of the molecule is Clc1ccc([C@@]23Nc4ccc(Cl)cc4[C@]2(c2ccc(Cl)cc2)Nc2ccc(Cl)cc23)cc1. The highest BCUT2D eigenvalue weighted by molar-refractivity contribution is 6.31. The number of hydrogen-bond acceptors (Lipinski definition) is 2. The Bertz CT molecular complexity index is 1260. The summed E-state index contributed by atoms with van der Waals surface area (Å²) in [5.74, 6) is 0. The summed E-state index contributed by atoms with van der Waals surface area (Å²) >= 11 is 25.6. The van der Waals surface area contributed by atoms with E-state index in [0.29, 0.717) is 20.1 Å². The Kier molecular flexibility index (Phi) is 4.48. The number of halogens is 4. The monoisotopic (exact) mass is 496 g/mol. The molecular weight excluding hydrogens is 482 g/mol. The molecule has 2 nitrogen and oxygen atoms in total.